The number of anilines is 1. The average molecular weight is 339 g/mol. The van der Waals surface area contributed by atoms with Crippen LogP contribution < -0.4 is 15.8 Å². The van der Waals surface area contributed by atoms with Gasteiger partial charge >= 0.3 is 0 Å². The summed E-state index contributed by atoms with van der Waals surface area (Å²) in [6, 6.07) is 4.56. The maximum atomic E-state index is 12.7. The summed E-state index contributed by atoms with van der Waals surface area (Å²) in [5.41, 5.74) is 5.54. The maximum Gasteiger partial charge on any atom is 0.246 e. The zero-order valence-electron chi connectivity index (χ0n) is 13.0. The van der Waals surface area contributed by atoms with Crippen LogP contribution in [0.5, 0.6) is 5.75 Å². The van der Waals surface area contributed by atoms with Gasteiger partial charge in [0, 0.05) is 24.8 Å². The Morgan fingerprint density at radius 2 is 1.96 bits per heavy atom. The third-order valence-corrected chi connectivity index (χ3v) is 6.28. The van der Waals surface area contributed by atoms with Crippen LogP contribution in [-0.4, -0.2) is 44.4 Å². The second-order valence-corrected chi connectivity index (χ2v) is 7.99. The first kappa shape index (κ1) is 16.2. The normalized spacial score (nSPS) is 20.3. The van der Waals surface area contributed by atoms with Gasteiger partial charge in [-0.3, -0.25) is 4.79 Å². The van der Waals surface area contributed by atoms with Crippen molar-refractivity contribution in [1.82, 2.24) is 4.31 Å². The van der Waals surface area contributed by atoms with Crippen molar-refractivity contribution in [2.45, 2.75) is 36.1 Å². The van der Waals surface area contributed by atoms with Gasteiger partial charge in [-0.15, -0.1) is 0 Å². The minimum atomic E-state index is -3.57. The predicted molar refractivity (Wildman–Crippen MR) is 85.8 cm³/mol. The number of nitrogens with zero attached hydrogens (tertiary/aromatic N) is 1. The van der Waals surface area contributed by atoms with Crippen LogP contribution in [0.4, 0.5) is 5.69 Å². The third kappa shape index (κ3) is 3.06. The SMILES string of the molecule is COc1cc(NC(=O)C2(N)CC2)ccc1S(=O)(=O)N1CCCC1. The molecule has 2 aliphatic rings. The molecule has 23 heavy (non-hydrogen) atoms. The minimum absolute atomic E-state index is 0.119. The van der Waals surface area contributed by atoms with E-state index in [0.717, 1.165) is 12.8 Å². The molecule has 7 nitrogen and oxygen atoms in total. The van der Waals surface area contributed by atoms with Gasteiger partial charge in [0.15, 0.2) is 0 Å². The Labute approximate surface area is 135 Å². The summed E-state index contributed by atoms with van der Waals surface area (Å²) in [6.07, 6.45) is 3.07. The highest BCUT2D eigenvalue weighted by Crippen LogP contribution is 2.35. The molecule has 1 amide bonds. The Morgan fingerprint density at radius 3 is 2.52 bits per heavy atom. The molecule has 8 heteroatoms. The van der Waals surface area contributed by atoms with Gasteiger partial charge in [0.05, 0.1) is 12.6 Å². The average Bonchev–Trinajstić information content (AvgIpc) is 3.04. The number of nitrogens with one attached hydrogen (secondary N) is 1. The lowest BCUT2D eigenvalue weighted by Gasteiger charge is -2.18. The molecule has 1 heterocycles. The van der Waals surface area contributed by atoms with Crippen LogP contribution in [0.25, 0.3) is 0 Å². The predicted octanol–water partition coefficient (Wildman–Crippen LogP) is 0.909. The van der Waals surface area contributed by atoms with Crippen LogP contribution in [0.1, 0.15) is 25.7 Å². The zero-order valence-corrected chi connectivity index (χ0v) is 13.9. The van der Waals surface area contributed by atoms with Crippen LogP contribution in [0.2, 0.25) is 0 Å². The molecule has 1 aromatic rings. The van der Waals surface area contributed by atoms with Crippen LogP contribution >= 0.6 is 0 Å². The first-order chi connectivity index (χ1) is 10.9. The van der Waals surface area contributed by atoms with Gasteiger partial charge < -0.3 is 15.8 Å². The van der Waals surface area contributed by atoms with Crippen LogP contribution in [0, 0.1) is 0 Å². The molecule has 0 atom stereocenters. The van der Waals surface area contributed by atoms with E-state index in [1.165, 1.54) is 23.5 Å². The summed E-state index contributed by atoms with van der Waals surface area (Å²) in [4.78, 5) is 12.1. The highest BCUT2D eigenvalue weighted by Gasteiger charge is 2.46. The first-order valence-corrected chi connectivity index (χ1v) is 9.09. The van der Waals surface area contributed by atoms with E-state index in [4.69, 9.17) is 10.5 Å². The number of carbonyl (C=O) groups excluding carboxylic acids is 1. The largest absolute Gasteiger partial charge is 0.495 e. The Balaban J connectivity index is 1.86. The molecule has 1 aliphatic carbocycles. The monoisotopic (exact) mass is 339 g/mol. The summed E-state index contributed by atoms with van der Waals surface area (Å²) in [5.74, 6) is -0.0359. The molecule has 0 aromatic heterocycles. The molecule has 0 unspecified atom stereocenters. The zero-order chi connectivity index (χ0) is 16.7. The van der Waals surface area contributed by atoms with Crippen molar-refractivity contribution in [3.8, 4) is 5.75 Å². The summed E-state index contributed by atoms with van der Waals surface area (Å²) in [5, 5.41) is 2.71. The van der Waals surface area contributed by atoms with Crippen molar-refractivity contribution in [3.63, 3.8) is 0 Å². The fourth-order valence-electron chi connectivity index (χ4n) is 2.64. The number of methoxy groups -OCH3 is 1. The summed E-state index contributed by atoms with van der Waals surface area (Å²) in [6.45, 7) is 1.05. The molecule has 1 saturated heterocycles. The van der Waals surface area contributed by atoms with Gasteiger partial charge in [-0.05, 0) is 37.8 Å². The maximum absolute atomic E-state index is 12.7. The second-order valence-electron chi connectivity index (χ2n) is 6.09. The summed E-state index contributed by atoms with van der Waals surface area (Å²) >= 11 is 0. The van der Waals surface area contributed by atoms with Crippen LogP contribution in [0.15, 0.2) is 23.1 Å². The van der Waals surface area contributed by atoms with Gasteiger partial charge in [-0.2, -0.15) is 4.31 Å². The number of amides is 1. The van der Waals surface area contributed by atoms with E-state index >= 15 is 0 Å². The molecule has 1 saturated carbocycles. The molecule has 1 aromatic carbocycles. The Kier molecular flexibility index (Phi) is 4.07. The van der Waals surface area contributed by atoms with Gasteiger partial charge in [0.1, 0.15) is 10.6 Å². The molecular weight excluding hydrogens is 318 g/mol. The number of hydrogen-bond donors (Lipinski definition) is 2. The van der Waals surface area contributed by atoms with E-state index in [2.05, 4.69) is 5.32 Å². The lowest BCUT2D eigenvalue weighted by molar-refractivity contribution is -0.118. The molecule has 126 valence electrons. The van der Waals surface area contributed by atoms with Crippen molar-refractivity contribution in [2.75, 3.05) is 25.5 Å². The number of benzene rings is 1. The molecule has 3 rings (SSSR count). The first-order valence-electron chi connectivity index (χ1n) is 7.65. The van der Waals surface area contributed by atoms with Crippen molar-refractivity contribution in [3.05, 3.63) is 18.2 Å². The summed E-state index contributed by atoms with van der Waals surface area (Å²) < 4.78 is 32.0. The van der Waals surface area contributed by atoms with E-state index in [9.17, 15) is 13.2 Å². The van der Waals surface area contributed by atoms with Crippen molar-refractivity contribution in [2.24, 2.45) is 5.73 Å². The van der Waals surface area contributed by atoms with Crippen molar-refractivity contribution in [1.29, 1.82) is 0 Å². The Morgan fingerprint density at radius 1 is 1.30 bits per heavy atom. The van der Waals surface area contributed by atoms with Gasteiger partial charge in [-0.1, -0.05) is 0 Å². The van der Waals surface area contributed by atoms with E-state index in [0.29, 0.717) is 31.6 Å². The quantitative estimate of drug-likeness (QED) is 0.830. The fourth-order valence-corrected chi connectivity index (χ4v) is 4.30. The van der Waals surface area contributed by atoms with Crippen molar-refractivity contribution >= 4 is 21.6 Å². The fraction of sp³-hybridized carbons (Fsp3) is 0.533. The number of carbonyl (C=O) groups is 1. The Bertz CT molecular complexity index is 722. The topological polar surface area (TPSA) is 102 Å². The molecule has 1 aliphatic heterocycles. The Hall–Kier alpha value is -1.64. The highest BCUT2D eigenvalue weighted by atomic mass is 32.2. The number of rotatable bonds is 5. The van der Waals surface area contributed by atoms with Gasteiger partial charge in [-0.25, -0.2) is 8.42 Å². The molecule has 3 N–H and O–H groups in total. The van der Waals surface area contributed by atoms with Crippen LogP contribution in [-0.2, 0) is 14.8 Å². The van der Waals surface area contributed by atoms with E-state index < -0.39 is 15.6 Å². The standard InChI is InChI=1S/C15H21N3O4S/c1-22-12-10-11(17-14(19)15(16)6-7-15)4-5-13(12)23(20,21)18-8-2-3-9-18/h4-5,10H,2-3,6-9,16H2,1H3,(H,17,19). The smallest absolute Gasteiger partial charge is 0.246 e. The van der Waals surface area contributed by atoms with E-state index in [1.54, 1.807) is 6.07 Å². The highest BCUT2D eigenvalue weighted by molar-refractivity contribution is 7.89. The van der Waals surface area contributed by atoms with E-state index in [1.807, 2.05) is 0 Å². The summed E-state index contributed by atoms with van der Waals surface area (Å²) in [7, 11) is -2.16. The van der Waals surface area contributed by atoms with Crippen LogP contribution in [0.3, 0.4) is 0 Å². The number of nitrogens with two attached hydrogens (primary N) is 1. The molecular formula is C15H21N3O4S. The lowest BCUT2D eigenvalue weighted by atomic mass is 10.2. The van der Waals surface area contributed by atoms with Gasteiger partial charge in [0.25, 0.3) is 0 Å². The molecule has 0 radical (unpaired) electrons. The number of sulfonamides is 1. The van der Waals surface area contributed by atoms with Gasteiger partial charge in [0.2, 0.25) is 15.9 Å². The third-order valence-electron chi connectivity index (χ3n) is 4.35. The van der Waals surface area contributed by atoms with E-state index in [-0.39, 0.29) is 16.6 Å². The minimum Gasteiger partial charge on any atom is -0.495 e. The van der Waals surface area contributed by atoms with Crippen molar-refractivity contribution < 1.29 is 17.9 Å². The lowest BCUT2D eigenvalue weighted by Crippen LogP contribution is -2.37. The molecule has 0 spiro atoms. The molecule has 2 fully saturated rings. The molecule has 0 bridgehead atoms. The number of ether oxygens (including phenoxy) is 1. The number of hydrogen-bond acceptors (Lipinski definition) is 5. The second kappa shape index (κ2) is 5.77.